The number of nitrogens with one attached hydrogen (secondary N) is 1. The predicted molar refractivity (Wildman–Crippen MR) is 78.5 cm³/mol. The van der Waals surface area contributed by atoms with Gasteiger partial charge in [-0.2, -0.15) is 0 Å². The molecule has 1 amide bonds. The van der Waals surface area contributed by atoms with Gasteiger partial charge < -0.3 is 10.4 Å². The van der Waals surface area contributed by atoms with Crippen molar-refractivity contribution >= 4 is 17.3 Å². The molecular formula is C15H14N2O4. The maximum atomic E-state index is 12.2. The second kappa shape index (κ2) is 6.04. The molecule has 0 heterocycles. The van der Waals surface area contributed by atoms with E-state index in [9.17, 15) is 20.0 Å². The Bertz CT molecular complexity index is 698. The molecule has 0 aliphatic carbocycles. The van der Waals surface area contributed by atoms with Crippen LogP contribution in [0, 0.1) is 10.1 Å². The van der Waals surface area contributed by atoms with Crippen molar-refractivity contribution in [2.75, 3.05) is 5.32 Å². The van der Waals surface area contributed by atoms with Crippen LogP contribution in [0.25, 0.3) is 0 Å². The summed E-state index contributed by atoms with van der Waals surface area (Å²) < 4.78 is 0. The van der Waals surface area contributed by atoms with E-state index in [1.807, 2.05) is 19.1 Å². The minimum atomic E-state index is -0.613. The van der Waals surface area contributed by atoms with E-state index in [0.29, 0.717) is 12.0 Å². The molecule has 0 atom stereocenters. The average molecular weight is 286 g/mol. The van der Waals surface area contributed by atoms with Crippen molar-refractivity contribution in [3.8, 4) is 5.75 Å². The Kier molecular flexibility index (Phi) is 4.18. The summed E-state index contributed by atoms with van der Waals surface area (Å²) in [4.78, 5) is 22.2. The van der Waals surface area contributed by atoms with Gasteiger partial charge in [-0.15, -0.1) is 0 Å². The van der Waals surface area contributed by atoms with E-state index in [1.54, 1.807) is 12.1 Å². The molecule has 0 aliphatic rings. The van der Waals surface area contributed by atoms with Gasteiger partial charge in [-0.25, -0.2) is 0 Å². The van der Waals surface area contributed by atoms with Gasteiger partial charge in [0.2, 0.25) is 0 Å². The van der Waals surface area contributed by atoms with E-state index in [1.165, 1.54) is 12.1 Å². The van der Waals surface area contributed by atoms with Crippen molar-refractivity contribution in [3.63, 3.8) is 0 Å². The van der Waals surface area contributed by atoms with Crippen LogP contribution < -0.4 is 5.32 Å². The summed E-state index contributed by atoms with van der Waals surface area (Å²) >= 11 is 0. The minimum Gasteiger partial charge on any atom is -0.506 e. The van der Waals surface area contributed by atoms with Crippen LogP contribution in [-0.2, 0) is 6.42 Å². The number of carbonyl (C=O) groups is 1. The van der Waals surface area contributed by atoms with Crippen molar-refractivity contribution in [1.29, 1.82) is 0 Å². The third kappa shape index (κ3) is 3.17. The number of anilines is 1. The first-order chi connectivity index (χ1) is 10.0. The lowest BCUT2D eigenvalue weighted by molar-refractivity contribution is -0.384. The van der Waals surface area contributed by atoms with Crippen LogP contribution in [-0.4, -0.2) is 15.9 Å². The molecule has 6 heteroatoms. The molecule has 0 radical (unpaired) electrons. The zero-order valence-corrected chi connectivity index (χ0v) is 11.4. The molecule has 2 rings (SSSR count). The fourth-order valence-corrected chi connectivity index (χ4v) is 1.98. The first-order valence-electron chi connectivity index (χ1n) is 6.39. The molecule has 0 aliphatic heterocycles. The fraction of sp³-hybridized carbons (Fsp3) is 0.133. The van der Waals surface area contributed by atoms with Crippen molar-refractivity contribution in [1.82, 2.24) is 0 Å². The fourth-order valence-electron chi connectivity index (χ4n) is 1.98. The first kappa shape index (κ1) is 14.5. The topological polar surface area (TPSA) is 92.5 Å². The van der Waals surface area contributed by atoms with Gasteiger partial charge in [0.05, 0.1) is 16.7 Å². The highest BCUT2D eigenvalue weighted by Gasteiger charge is 2.14. The molecule has 21 heavy (non-hydrogen) atoms. The maximum Gasteiger partial charge on any atom is 0.273 e. The minimum absolute atomic E-state index is 0.136. The summed E-state index contributed by atoms with van der Waals surface area (Å²) in [7, 11) is 0. The number of nitrogens with zero attached hydrogens (tertiary/aromatic N) is 1. The molecule has 108 valence electrons. The van der Waals surface area contributed by atoms with E-state index in [2.05, 4.69) is 5.32 Å². The third-order valence-corrected chi connectivity index (χ3v) is 3.08. The van der Waals surface area contributed by atoms with Crippen LogP contribution in [0.4, 0.5) is 11.4 Å². The number of rotatable bonds is 4. The Morgan fingerprint density at radius 2 is 2.00 bits per heavy atom. The number of aromatic hydroxyl groups is 1. The summed E-state index contributed by atoms with van der Waals surface area (Å²) in [6.45, 7) is 1.94. The summed E-state index contributed by atoms with van der Waals surface area (Å²) in [5.41, 5.74) is 1.30. The van der Waals surface area contributed by atoms with Gasteiger partial charge in [-0.1, -0.05) is 25.1 Å². The van der Waals surface area contributed by atoms with Crippen LogP contribution >= 0.6 is 0 Å². The van der Waals surface area contributed by atoms with Crippen LogP contribution in [0.3, 0.4) is 0 Å². The number of non-ortho nitro benzene ring substituents is 1. The first-order valence-corrected chi connectivity index (χ1v) is 6.39. The average Bonchev–Trinajstić information content (AvgIpc) is 2.48. The number of hydrogen-bond donors (Lipinski definition) is 2. The summed E-state index contributed by atoms with van der Waals surface area (Å²) in [6, 6.07) is 10.7. The number of benzene rings is 2. The number of phenolic OH excluding ortho intramolecular Hbond substituents is 1. The van der Waals surface area contributed by atoms with E-state index in [-0.39, 0.29) is 23.0 Å². The smallest absolute Gasteiger partial charge is 0.273 e. The quantitative estimate of drug-likeness (QED) is 0.513. The lowest BCUT2D eigenvalue weighted by atomic mass is 10.0. The van der Waals surface area contributed by atoms with Crippen LogP contribution in [0.5, 0.6) is 5.75 Å². The van der Waals surface area contributed by atoms with E-state index in [0.717, 1.165) is 11.6 Å². The van der Waals surface area contributed by atoms with Gasteiger partial charge in [0.1, 0.15) is 5.75 Å². The molecule has 0 saturated carbocycles. The van der Waals surface area contributed by atoms with Gasteiger partial charge in [0.15, 0.2) is 0 Å². The van der Waals surface area contributed by atoms with Crippen LogP contribution in [0.15, 0.2) is 42.5 Å². The van der Waals surface area contributed by atoms with Crippen molar-refractivity contribution < 1.29 is 14.8 Å². The van der Waals surface area contributed by atoms with Crippen molar-refractivity contribution in [2.24, 2.45) is 0 Å². The third-order valence-electron chi connectivity index (χ3n) is 3.08. The second-order valence-corrected chi connectivity index (χ2v) is 4.42. The molecule has 0 unspecified atom stereocenters. The molecular weight excluding hydrogens is 272 g/mol. The standard InChI is InChI=1S/C15H14N2O4/c1-2-10-5-3-4-6-12(10)15(19)16-13-8-7-11(17(20)21)9-14(13)18/h3-9,18H,2H2,1H3,(H,16,19). The Hall–Kier alpha value is -2.89. The number of aryl methyl sites for hydroxylation is 1. The molecule has 0 aromatic heterocycles. The zero-order chi connectivity index (χ0) is 15.4. The highest BCUT2D eigenvalue weighted by Crippen LogP contribution is 2.28. The van der Waals surface area contributed by atoms with Crippen molar-refractivity contribution in [3.05, 3.63) is 63.7 Å². The van der Waals surface area contributed by atoms with Crippen LogP contribution in [0.1, 0.15) is 22.8 Å². The Morgan fingerprint density at radius 3 is 2.62 bits per heavy atom. The largest absolute Gasteiger partial charge is 0.506 e. The van der Waals surface area contributed by atoms with E-state index in [4.69, 9.17) is 0 Å². The van der Waals surface area contributed by atoms with E-state index < -0.39 is 4.92 Å². The van der Waals surface area contributed by atoms with Gasteiger partial charge >= 0.3 is 0 Å². The number of nitro benzene ring substituents is 1. The lowest BCUT2D eigenvalue weighted by Gasteiger charge is -2.10. The number of amides is 1. The highest BCUT2D eigenvalue weighted by atomic mass is 16.6. The lowest BCUT2D eigenvalue weighted by Crippen LogP contribution is -2.14. The zero-order valence-electron chi connectivity index (χ0n) is 11.4. The Balaban J connectivity index is 2.26. The Labute approximate surface area is 121 Å². The summed E-state index contributed by atoms with van der Waals surface area (Å²) in [5, 5.41) is 22.9. The number of carbonyl (C=O) groups excluding carboxylic acids is 1. The van der Waals surface area contributed by atoms with Crippen LogP contribution in [0.2, 0.25) is 0 Å². The molecule has 0 saturated heterocycles. The highest BCUT2D eigenvalue weighted by molar-refractivity contribution is 6.06. The monoisotopic (exact) mass is 286 g/mol. The molecule has 6 nitrogen and oxygen atoms in total. The molecule has 0 spiro atoms. The van der Waals surface area contributed by atoms with Gasteiger partial charge in [-0.05, 0) is 24.1 Å². The Morgan fingerprint density at radius 1 is 1.29 bits per heavy atom. The number of nitro groups is 1. The molecule has 2 aromatic rings. The van der Waals surface area contributed by atoms with E-state index >= 15 is 0 Å². The second-order valence-electron chi connectivity index (χ2n) is 4.42. The summed E-state index contributed by atoms with van der Waals surface area (Å²) in [6.07, 6.45) is 0.704. The normalized spacial score (nSPS) is 10.1. The number of hydrogen-bond acceptors (Lipinski definition) is 4. The number of phenols is 1. The molecule has 0 bridgehead atoms. The summed E-state index contributed by atoms with van der Waals surface area (Å²) in [5.74, 6) is -0.705. The SMILES string of the molecule is CCc1ccccc1C(=O)Nc1ccc([N+](=O)[O-])cc1O. The van der Waals surface area contributed by atoms with Gasteiger partial charge in [0.25, 0.3) is 11.6 Å². The van der Waals surface area contributed by atoms with Crippen molar-refractivity contribution in [2.45, 2.75) is 13.3 Å². The molecule has 0 fully saturated rings. The molecule has 2 aromatic carbocycles. The maximum absolute atomic E-state index is 12.2. The predicted octanol–water partition coefficient (Wildman–Crippen LogP) is 3.12. The van der Waals surface area contributed by atoms with Gasteiger partial charge in [0, 0.05) is 11.6 Å². The molecule has 2 N–H and O–H groups in total. The van der Waals surface area contributed by atoms with Gasteiger partial charge in [-0.3, -0.25) is 14.9 Å².